The van der Waals surface area contributed by atoms with Crippen molar-refractivity contribution in [1.82, 2.24) is 0 Å². The maximum atomic E-state index is 12.5. The van der Waals surface area contributed by atoms with Crippen LogP contribution in [-0.4, -0.2) is 6.10 Å². The summed E-state index contributed by atoms with van der Waals surface area (Å²) >= 11 is 0. The zero-order valence-electron chi connectivity index (χ0n) is 7.41. The van der Waals surface area contributed by atoms with Gasteiger partial charge < -0.3 is 0 Å². The summed E-state index contributed by atoms with van der Waals surface area (Å²) in [6, 6.07) is 6.20. The lowest BCUT2D eigenvalue weighted by molar-refractivity contribution is 0.1000. The minimum Gasteiger partial charge on any atom is -0.297 e. The average Bonchev–Trinajstić information content (AvgIpc) is 2.16. The SMILES string of the molecule is CC(/C=C/c1ccc(F)cc1)ON. The molecule has 1 unspecified atom stereocenters. The Bertz CT molecular complexity index is 281. The van der Waals surface area contributed by atoms with Crippen molar-refractivity contribution < 1.29 is 9.23 Å². The highest BCUT2D eigenvalue weighted by Gasteiger charge is 1.92. The Kier molecular flexibility index (Phi) is 3.61. The van der Waals surface area contributed by atoms with Gasteiger partial charge in [0.15, 0.2) is 0 Å². The minimum absolute atomic E-state index is 0.134. The van der Waals surface area contributed by atoms with Crippen LogP contribution in [0.1, 0.15) is 12.5 Å². The molecule has 0 saturated carbocycles. The van der Waals surface area contributed by atoms with Gasteiger partial charge in [-0.15, -0.1) is 0 Å². The number of rotatable bonds is 3. The molecular weight excluding hydrogens is 169 g/mol. The van der Waals surface area contributed by atoms with Crippen molar-refractivity contribution in [3.63, 3.8) is 0 Å². The molecule has 0 aliphatic carbocycles. The first-order valence-corrected chi connectivity index (χ1v) is 4.01. The number of nitrogens with two attached hydrogens (primary N) is 1. The predicted octanol–water partition coefficient (Wildman–Crippen LogP) is 2.12. The fraction of sp³-hybridized carbons (Fsp3) is 0.200. The quantitative estimate of drug-likeness (QED) is 0.725. The third-order valence-electron chi connectivity index (χ3n) is 1.64. The lowest BCUT2D eigenvalue weighted by Gasteiger charge is -2.00. The zero-order chi connectivity index (χ0) is 9.68. The number of halogens is 1. The second kappa shape index (κ2) is 4.74. The summed E-state index contributed by atoms with van der Waals surface area (Å²) in [5.41, 5.74) is 0.922. The molecule has 0 spiro atoms. The lowest BCUT2D eigenvalue weighted by atomic mass is 10.2. The number of hydrogen-bond acceptors (Lipinski definition) is 2. The second-order valence-electron chi connectivity index (χ2n) is 2.75. The van der Waals surface area contributed by atoms with Gasteiger partial charge in [-0.05, 0) is 24.6 Å². The number of hydrogen-bond donors (Lipinski definition) is 1. The van der Waals surface area contributed by atoms with Crippen LogP contribution in [0.5, 0.6) is 0 Å². The Morgan fingerprint density at radius 1 is 1.38 bits per heavy atom. The standard InChI is InChI=1S/C10H12FNO/c1-8(13-12)2-3-9-4-6-10(11)7-5-9/h2-8H,12H2,1H3/b3-2+. The van der Waals surface area contributed by atoms with E-state index in [4.69, 9.17) is 5.90 Å². The monoisotopic (exact) mass is 181 g/mol. The molecule has 70 valence electrons. The summed E-state index contributed by atoms with van der Waals surface area (Å²) in [5, 5.41) is 0. The first-order valence-electron chi connectivity index (χ1n) is 4.01. The molecule has 2 nitrogen and oxygen atoms in total. The molecule has 0 aliphatic rings. The van der Waals surface area contributed by atoms with E-state index < -0.39 is 0 Å². The Hall–Kier alpha value is -1.19. The smallest absolute Gasteiger partial charge is 0.123 e. The van der Waals surface area contributed by atoms with Crippen LogP contribution in [-0.2, 0) is 4.84 Å². The van der Waals surface area contributed by atoms with Crippen LogP contribution in [0.25, 0.3) is 6.08 Å². The van der Waals surface area contributed by atoms with E-state index in [2.05, 4.69) is 4.84 Å². The van der Waals surface area contributed by atoms with Crippen LogP contribution >= 0.6 is 0 Å². The molecule has 0 saturated heterocycles. The largest absolute Gasteiger partial charge is 0.297 e. The predicted molar refractivity (Wildman–Crippen MR) is 50.2 cm³/mol. The summed E-state index contributed by atoms with van der Waals surface area (Å²) in [7, 11) is 0. The maximum Gasteiger partial charge on any atom is 0.123 e. The van der Waals surface area contributed by atoms with Crippen molar-refractivity contribution in [2.45, 2.75) is 13.0 Å². The second-order valence-corrected chi connectivity index (χ2v) is 2.75. The summed E-state index contributed by atoms with van der Waals surface area (Å²) in [5.74, 6) is 4.71. The van der Waals surface area contributed by atoms with Gasteiger partial charge in [0.2, 0.25) is 0 Å². The highest BCUT2D eigenvalue weighted by Crippen LogP contribution is 2.05. The molecule has 0 radical (unpaired) electrons. The average molecular weight is 181 g/mol. The van der Waals surface area contributed by atoms with Crippen molar-refractivity contribution in [1.29, 1.82) is 0 Å². The Morgan fingerprint density at radius 2 is 2.00 bits per heavy atom. The topological polar surface area (TPSA) is 35.2 Å². The molecule has 3 heteroatoms. The van der Waals surface area contributed by atoms with Crippen molar-refractivity contribution in [2.24, 2.45) is 5.90 Å². The van der Waals surface area contributed by atoms with Gasteiger partial charge >= 0.3 is 0 Å². The summed E-state index contributed by atoms with van der Waals surface area (Å²) < 4.78 is 12.5. The molecule has 0 amide bonds. The van der Waals surface area contributed by atoms with Gasteiger partial charge in [0.05, 0.1) is 6.10 Å². The molecule has 13 heavy (non-hydrogen) atoms. The van der Waals surface area contributed by atoms with E-state index in [1.807, 2.05) is 13.0 Å². The Labute approximate surface area is 76.8 Å². The fourth-order valence-electron chi connectivity index (χ4n) is 0.866. The van der Waals surface area contributed by atoms with E-state index in [0.29, 0.717) is 0 Å². The van der Waals surface area contributed by atoms with Crippen molar-refractivity contribution in [2.75, 3.05) is 0 Å². The van der Waals surface area contributed by atoms with E-state index in [1.165, 1.54) is 12.1 Å². The molecule has 0 aliphatic heterocycles. The summed E-state index contributed by atoms with van der Waals surface area (Å²) in [6.45, 7) is 1.82. The molecule has 1 aromatic rings. The molecule has 0 fully saturated rings. The van der Waals surface area contributed by atoms with E-state index in [9.17, 15) is 4.39 Å². The Balaban J connectivity index is 2.64. The molecule has 1 aromatic carbocycles. The highest BCUT2D eigenvalue weighted by atomic mass is 19.1. The van der Waals surface area contributed by atoms with E-state index in [1.54, 1.807) is 18.2 Å². The van der Waals surface area contributed by atoms with E-state index in [-0.39, 0.29) is 11.9 Å². The summed E-state index contributed by atoms with van der Waals surface area (Å²) in [4.78, 5) is 4.53. The third-order valence-corrected chi connectivity index (χ3v) is 1.64. The highest BCUT2D eigenvalue weighted by molar-refractivity contribution is 5.49. The van der Waals surface area contributed by atoms with Gasteiger partial charge in [-0.3, -0.25) is 4.84 Å². The first kappa shape index (κ1) is 9.89. The summed E-state index contributed by atoms with van der Waals surface area (Å²) in [6.07, 6.45) is 3.49. The van der Waals surface area contributed by atoms with Crippen molar-refractivity contribution in [3.05, 3.63) is 41.7 Å². The van der Waals surface area contributed by atoms with Crippen molar-refractivity contribution in [3.8, 4) is 0 Å². The van der Waals surface area contributed by atoms with Gasteiger partial charge in [0, 0.05) is 0 Å². The Morgan fingerprint density at radius 3 is 2.54 bits per heavy atom. The van der Waals surface area contributed by atoms with E-state index in [0.717, 1.165) is 5.56 Å². The van der Waals surface area contributed by atoms with Gasteiger partial charge in [0.1, 0.15) is 5.82 Å². The fourth-order valence-corrected chi connectivity index (χ4v) is 0.866. The molecule has 1 rings (SSSR count). The molecule has 1 atom stereocenters. The van der Waals surface area contributed by atoms with Crippen molar-refractivity contribution >= 4 is 6.08 Å². The lowest BCUT2D eigenvalue weighted by Crippen LogP contribution is -2.09. The molecule has 0 aromatic heterocycles. The van der Waals surface area contributed by atoms with Gasteiger partial charge in [-0.2, -0.15) is 0 Å². The molecule has 0 bridgehead atoms. The van der Waals surface area contributed by atoms with E-state index >= 15 is 0 Å². The minimum atomic E-state index is -0.236. The first-order chi connectivity index (χ1) is 6.22. The van der Waals surface area contributed by atoms with Gasteiger partial charge in [-0.25, -0.2) is 10.3 Å². The van der Waals surface area contributed by atoms with Crippen LogP contribution < -0.4 is 5.90 Å². The van der Waals surface area contributed by atoms with Gasteiger partial charge in [-0.1, -0.05) is 24.3 Å². The molecule has 0 heterocycles. The third kappa shape index (κ3) is 3.36. The van der Waals surface area contributed by atoms with Gasteiger partial charge in [0.25, 0.3) is 0 Å². The van der Waals surface area contributed by atoms with Crippen LogP contribution in [0, 0.1) is 5.82 Å². The number of benzene rings is 1. The van der Waals surface area contributed by atoms with Crippen LogP contribution in [0.2, 0.25) is 0 Å². The zero-order valence-corrected chi connectivity index (χ0v) is 7.41. The molecule has 2 N–H and O–H groups in total. The molecular formula is C10H12FNO. The normalized spacial score (nSPS) is 13.5. The van der Waals surface area contributed by atoms with Crippen LogP contribution in [0.15, 0.2) is 30.3 Å². The maximum absolute atomic E-state index is 12.5. The van der Waals surface area contributed by atoms with Crippen LogP contribution in [0.4, 0.5) is 4.39 Å². The van der Waals surface area contributed by atoms with Crippen LogP contribution in [0.3, 0.4) is 0 Å².